The van der Waals surface area contributed by atoms with Crippen LogP contribution in [0.1, 0.15) is 18.2 Å². The molecule has 5 heteroatoms. The molecule has 0 aliphatic carbocycles. The average molecular weight is 296 g/mol. The smallest absolute Gasteiger partial charge is 0.126 e. The minimum Gasteiger partial charge on any atom is -0.370 e. The highest BCUT2D eigenvalue weighted by molar-refractivity contribution is 7.07. The van der Waals surface area contributed by atoms with E-state index in [9.17, 15) is 0 Å². The Hall–Kier alpha value is -1.10. The minimum atomic E-state index is 0.721. The van der Waals surface area contributed by atoms with E-state index in [1.807, 2.05) is 12.1 Å². The number of halogens is 1. The van der Waals surface area contributed by atoms with Gasteiger partial charge in [0, 0.05) is 19.6 Å². The number of thiophene rings is 1. The van der Waals surface area contributed by atoms with Crippen molar-refractivity contribution < 1.29 is 0 Å². The van der Waals surface area contributed by atoms with Crippen molar-refractivity contribution in [3.05, 3.63) is 45.2 Å². The summed E-state index contributed by atoms with van der Waals surface area (Å²) in [5, 5.41) is 8.19. The maximum Gasteiger partial charge on any atom is 0.126 e. The zero-order valence-electron chi connectivity index (χ0n) is 11.2. The fourth-order valence-electron chi connectivity index (χ4n) is 1.88. The van der Waals surface area contributed by atoms with E-state index >= 15 is 0 Å². The van der Waals surface area contributed by atoms with Crippen molar-refractivity contribution in [2.24, 2.45) is 0 Å². The Morgan fingerprint density at radius 1 is 1.32 bits per heavy atom. The van der Waals surface area contributed by atoms with Gasteiger partial charge in [0.05, 0.1) is 10.7 Å². The standard InChI is InChI=1S/C14H18ClN3S/c1-3-16-14-5-4-12(15)13(17-14)9-18(2)8-11-6-7-19-10-11/h4-7,10H,3,8-9H2,1-2H3,(H,16,17). The Balaban J connectivity index is 2.02. The largest absolute Gasteiger partial charge is 0.370 e. The third-order valence-electron chi connectivity index (χ3n) is 2.73. The molecule has 0 saturated carbocycles. The fraction of sp³-hybridized carbons (Fsp3) is 0.357. The van der Waals surface area contributed by atoms with Gasteiger partial charge in [-0.3, -0.25) is 4.90 Å². The van der Waals surface area contributed by atoms with Crippen molar-refractivity contribution in [3.8, 4) is 0 Å². The van der Waals surface area contributed by atoms with Crippen LogP contribution in [0, 0.1) is 0 Å². The Morgan fingerprint density at radius 2 is 2.16 bits per heavy atom. The van der Waals surface area contributed by atoms with Gasteiger partial charge in [-0.1, -0.05) is 11.6 Å². The molecule has 0 aliphatic heterocycles. The molecule has 1 N–H and O–H groups in total. The van der Waals surface area contributed by atoms with Gasteiger partial charge in [0.2, 0.25) is 0 Å². The van der Waals surface area contributed by atoms with E-state index in [1.54, 1.807) is 11.3 Å². The van der Waals surface area contributed by atoms with Gasteiger partial charge in [-0.25, -0.2) is 4.98 Å². The summed E-state index contributed by atoms with van der Waals surface area (Å²) in [5.74, 6) is 0.880. The lowest BCUT2D eigenvalue weighted by atomic mass is 10.3. The molecule has 0 atom stereocenters. The van der Waals surface area contributed by atoms with Crippen LogP contribution >= 0.6 is 22.9 Å². The lowest BCUT2D eigenvalue weighted by molar-refractivity contribution is 0.316. The first-order valence-electron chi connectivity index (χ1n) is 6.28. The van der Waals surface area contributed by atoms with Gasteiger partial charge in [-0.2, -0.15) is 11.3 Å². The SMILES string of the molecule is CCNc1ccc(Cl)c(CN(C)Cc2ccsc2)n1. The topological polar surface area (TPSA) is 28.2 Å². The molecule has 102 valence electrons. The van der Waals surface area contributed by atoms with E-state index in [2.05, 4.69) is 46.0 Å². The Kier molecular flexibility index (Phi) is 5.19. The first kappa shape index (κ1) is 14.3. The number of hydrogen-bond acceptors (Lipinski definition) is 4. The van der Waals surface area contributed by atoms with Crippen molar-refractivity contribution in [2.75, 3.05) is 18.9 Å². The fourth-order valence-corrected chi connectivity index (χ4v) is 2.71. The van der Waals surface area contributed by atoms with Gasteiger partial charge in [0.25, 0.3) is 0 Å². The van der Waals surface area contributed by atoms with Gasteiger partial charge in [-0.05, 0) is 48.5 Å². The molecule has 0 aliphatic rings. The number of rotatable bonds is 6. The molecular formula is C14H18ClN3S. The lowest BCUT2D eigenvalue weighted by Crippen LogP contribution is -2.18. The number of nitrogens with zero attached hydrogens (tertiary/aromatic N) is 2. The van der Waals surface area contributed by atoms with E-state index in [4.69, 9.17) is 11.6 Å². The van der Waals surface area contributed by atoms with Crippen LogP contribution in [0.2, 0.25) is 5.02 Å². The quantitative estimate of drug-likeness (QED) is 0.877. The molecule has 0 spiro atoms. The second-order valence-electron chi connectivity index (χ2n) is 4.46. The zero-order chi connectivity index (χ0) is 13.7. The molecule has 0 radical (unpaired) electrons. The third-order valence-corrected chi connectivity index (χ3v) is 3.80. The highest BCUT2D eigenvalue weighted by Crippen LogP contribution is 2.19. The second-order valence-corrected chi connectivity index (χ2v) is 5.65. The van der Waals surface area contributed by atoms with Crippen molar-refractivity contribution in [1.29, 1.82) is 0 Å². The van der Waals surface area contributed by atoms with E-state index in [-0.39, 0.29) is 0 Å². The molecule has 0 unspecified atom stereocenters. The van der Waals surface area contributed by atoms with Crippen LogP contribution in [0.4, 0.5) is 5.82 Å². The predicted molar refractivity (Wildman–Crippen MR) is 82.9 cm³/mol. The molecule has 0 fully saturated rings. The summed E-state index contributed by atoms with van der Waals surface area (Å²) in [6.07, 6.45) is 0. The third kappa shape index (κ3) is 4.20. The van der Waals surface area contributed by atoms with Crippen LogP contribution in [0.25, 0.3) is 0 Å². The summed E-state index contributed by atoms with van der Waals surface area (Å²) in [5.41, 5.74) is 2.24. The van der Waals surface area contributed by atoms with Gasteiger partial charge < -0.3 is 5.32 Å². The van der Waals surface area contributed by atoms with Crippen molar-refractivity contribution in [1.82, 2.24) is 9.88 Å². The first-order chi connectivity index (χ1) is 9.19. The summed E-state index contributed by atoms with van der Waals surface area (Å²) >= 11 is 7.93. The summed E-state index contributed by atoms with van der Waals surface area (Å²) in [7, 11) is 2.08. The van der Waals surface area contributed by atoms with Crippen molar-refractivity contribution >= 4 is 28.8 Å². The van der Waals surface area contributed by atoms with Crippen molar-refractivity contribution in [2.45, 2.75) is 20.0 Å². The van der Waals surface area contributed by atoms with Gasteiger partial charge >= 0.3 is 0 Å². The number of hydrogen-bond donors (Lipinski definition) is 1. The second kappa shape index (κ2) is 6.89. The van der Waals surface area contributed by atoms with Crippen LogP contribution in [-0.2, 0) is 13.1 Å². The summed E-state index contributed by atoms with van der Waals surface area (Å²) < 4.78 is 0. The van der Waals surface area contributed by atoms with Crippen LogP contribution in [0.3, 0.4) is 0 Å². The molecule has 0 bridgehead atoms. The van der Waals surface area contributed by atoms with Gasteiger partial charge in [0.1, 0.15) is 5.82 Å². The molecule has 0 amide bonds. The lowest BCUT2D eigenvalue weighted by Gasteiger charge is -2.17. The van der Waals surface area contributed by atoms with E-state index in [0.717, 1.165) is 36.2 Å². The highest BCUT2D eigenvalue weighted by atomic mass is 35.5. The molecule has 0 aromatic carbocycles. The maximum atomic E-state index is 6.21. The molecule has 2 rings (SSSR count). The van der Waals surface area contributed by atoms with E-state index < -0.39 is 0 Å². The Labute approximate surface area is 123 Å². The van der Waals surface area contributed by atoms with Crippen LogP contribution in [0.15, 0.2) is 29.0 Å². The number of pyridine rings is 1. The molecule has 3 nitrogen and oxygen atoms in total. The normalized spacial score (nSPS) is 10.9. The van der Waals surface area contributed by atoms with E-state index in [0.29, 0.717) is 0 Å². The number of anilines is 1. The molecule has 2 aromatic rings. The monoisotopic (exact) mass is 295 g/mol. The molecule has 2 heterocycles. The average Bonchev–Trinajstić information content (AvgIpc) is 2.86. The molecule has 2 aromatic heterocycles. The highest BCUT2D eigenvalue weighted by Gasteiger charge is 2.08. The summed E-state index contributed by atoms with van der Waals surface area (Å²) in [6, 6.07) is 5.96. The zero-order valence-corrected chi connectivity index (χ0v) is 12.8. The van der Waals surface area contributed by atoms with Gasteiger partial charge in [-0.15, -0.1) is 0 Å². The minimum absolute atomic E-state index is 0.721. The predicted octanol–water partition coefficient (Wildman–Crippen LogP) is 3.86. The maximum absolute atomic E-state index is 6.21. The Morgan fingerprint density at radius 3 is 2.84 bits per heavy atom. The van der Waals surface area contributed by atoms with Crippen LogP contribution in [0.5, 0.6) is 0 Å². The van der Waals surface area contributed by atoms with E-state index in [1.165, 1.54) is 5.56 Å². The number of aromatic nitrogens is 1. The van der Waals surface area contributed by atoms with Crippen LogP contribution in [-0.4, -0.2) is 23.5 Å². The van der Waals surface area contributed by atoms with Crippen LogP contribution < -0.4 is 5.32 Å². The molecule has 19 heavy (non-hydrogen) atoms. The first-order valence-corrected chi connectivity index (χ1v) is 7.60. The van der Waals surface area contributed by atoms with Gasteiger partial charge in [0.15, 0.2) is 0 Å². The Bertz CT molecular complexity index is 513. The summed E-state index contributed by atoms with van der Waals surface area (Å²) in [6.45, 7) is 4.57. The summed E-state index contributed by atoms with van der Waals surface area (Å²) in [4.78, 5) is 6.76. The number of nitrogens with one attached hydrogen (secondary N) is 1. The molecular weight excluding hydrogens is 278 g/mol. The van der Waals surface area contributed by atoms with Crippen molar-refractivity contribution in [3.63, 3.8) is 0 Å². The molecule has 0 saturated heterocycles.